The first-order chi connectivity index (χ1) is 16.9. The monoisotopic (exact) mass is 543 g/mol. The van der Waals surface area contributed by atoms with Gasteiger partial charge in [0.25, 0.3) is 0 Å². The molecule has 7 nitrogen and oxygen atoms in total. The lowest BCUT2D eigenvalue weighted by molar-refractivity contribution is -0.192. The van der Waals surface area contributed by atoms with Crippen LogP contribution in [-0.4, -0.2) is 64.3 Å². The van der Waals surface area contributed by atoms with Gasteiger partial charge in [0, 0.05) is 48.8 Å². The Morgan fingerprint density at radius 3 is 2.19 bits per heavy atom. The van der Waals surface area contributed by atoms with Gasteiger partial charge in [0.05, 0.1) is 11.0 Å². The van der Waals surface area contributed by atoms with E-state index >= 15 is 0 Å². The Morgan fingerprint density at radius 2 is 1.64 bits per heavy atom. The van der Waals surface area contributed by atoms with Gasteiger partial charge in [-0.25, -0.2) is 14.8 Å². The van der Waals surface area contributed by atoms with Gasteiger partial charge in [-0.3, -0.25) is 4.90 Å². The number of aliphatic carboxylic acids is 1. The van der Waals surface area contributed by atoms with E-state index in [-0.39, 0.29) is 6.04 Å². The molecule has 0 bridgehead atoms. The van der Waals surface area contributed by atoms with Crippen molar-refractivity contribution in [3.05, 3.63) is 58.1 Å². The van der Waals surface area contributed by atoms with Gasteiger partial charge in [-0.2, -0.15) is 13.2 Å². The summed E-state index contributed by atoms with van der Waals surface area (Å²) in [6.07, 6.45) is -5.08. The number of anilines is 2. The molecule has 1 saturated heterocycles. The third-order valence-corrected chi connectivity index (χ3v) is 5.90. The van der Waals surface area contributed by atoms with Crippen molar-refractivity contribution < 1.29 is 23.1 Å². The summed E-state index contributed by atoms with van der Waals surface area (Å²) >= 11 is 12.5. The summed E-state index contributed by atoms with van der Waals surface area (Å²) in [4.78, 5) is 23.4. The minimum Gasteiger partial charge on any atom is -0.475 e. The molecule has 0 saturated carbocycles. The molecule has 0 amide bonds. The van der Waals surface area contributed by atoms with Crippen molar-refractivity contribution in [1.82, 2.24) is 14.9 Å². The van der Waals surface area contributed by atoms with Crippen molar-refractivity contribution >= 4 is 51.8 Å². The van der Waals surface area contributed by atoms with Gasteiger partial charge >= 0.3 is 12.1 Å². The Bertz CT molecular complexity index is 1200. The molecule has 1 fully saturated rings. The number of benzene rings is 2. The number of piperazine rings is 1. The molecule has 1 aromatic heterocycles. The number of nitrogens with one attached hydrogen (secondary N) is 1. The summed E-state index contributed by atoms with van der Waals surface area (Å²) in [5.74, 6) is -0.977. The molecule has 2 aromatic carbocycles. The molecule has 1 aliphatic heterocycles. The van der Waals surface area contributed by atoms with Crippen LogP contribution in [0, 0.1) is 0 Å². The second kappa shape index (κ2) is 11.9. The fraction of sp³-hybridized carbons (Fsp3) is 0.375. The number of carbonyl (C=O) groups is 1. The zero-order chi connectivity index (χ0) is 26.5. The van der Waals surface area contributed by atoms with Crippen LogP contribution in [0.1, 0.15) is 19.4 Å². The molecule has 0 atom stereocenters. The number of para-hydroxylation sites is 2. The maximum Gasteiger partial charge on any atom is 0.490 e. The van der Waals surface area contributed by atoms with Crippen LogP contribution in [0.4, 0.5) is 24.8 Å². The van der Waals surface area contributed by atoms with Gasteiger partial charge in [-0.1, -0.05) is 35.3 Å². The second-order valence-corrected chi connectivity index (χ2v) is 9.33. The number of nitrogens with zero attached hydrogens (tertiary/aromatic N) is 4. The van der Waals surface area contributed by atoms with Gasteiger partial charge in [-0.15, -0.1) is 0 Å². The molecule has 4 rings (SSSR count). The van der Waals surface area contributed by atoms with Crippen LogP contribution in [0.25, 0.3) is 11.0 Å². The first kappa shape index (κ1) is 27.8. The summed E-state index contributed by atoms with van der Waals surface area (Å²) in [7, 11) is 0. The molecule has 194 valence electrons. The van der Waals surface area contributed by atoms with Crippen molar-refractivity contribution in [1.29, 1.82) is 0 Å². The quantitative estimate of drug-likeness (QED) is 0.426. The molecular weight excluding hydrogens is 518 g/mol. The predicted octanol–water partition coefficient (Wildman–Crippen LogP) is 5.71. The molecule has 1 aliphatic rings. The number of rotatable bonds is 5. The highest BCUT2D eigenvalue weighted by atomic mass is 35.5. The first-order valence-electron chi connectivity index (χ1n) is 11.2. The third-order valence-electron chi connectivity index (χ3n) is 5.29. The Hall–Kier alpha value is -2.82. The largest absolute Gasteiger partial charge is 0.490 e. The van der Waals surface area contributed by atoms with E-state index in [0.717, 1.165) is 71.0 Å². The molecular formula is C24H26Cl2F3N5O2. The van der Waals surface area contributed by atoms with Gasteiger partial charge < -0.3 is 15.3 Å². The van der Waals surface area contributed by atoms with Crippen LogP contribution in [0.2, 0.25) is 10.0 Å². The lowest BCUT2D eigenvalue weighted by Gasteiger charge is -2.36. The lowest BCUT2D eigenvalue weighted by atomic mass is 10.2. The second-order valence-electron chi connectivity index (χ2n) is 8.49. The number of aromatic nitrogens is 2. The number of hydrogen-bond acceptors (Lipinski definition) is 6. The summed E-state index contributed by atoms with van der Waals surface area (Å²) in [6, 6.07) is 14.0. The zero-order valence-corrected chi connectivity index (χ0v) is 21.2. The number of halogens is 5. The number of carboxylic acid groups (broad SMARTS) is 1. The van der Waals surface area contributed by atoms with Crippen LogP contribution in [0.5, 0.6) is 0 Å². The zero-order valence-electron chi connectivity index (χ0n) is 19.7. The molecule has 2 heterocycles. The van der Waals surface area contributed by atoms with E-state index in [4.69, 9.17) is 43.1 Å². The first-order valence-corrected chi connectivity index (χ1v) is 11.9. The van der Waals surface area contributed by atoms with Gasteiger partial charge in [0.1, 0.15) is 0 Å². The standard InChI is InChI=1S/C22H25Cl2N5.C2HF3O2/c1-15(2)25-21-22(27-20-6-4-3-5-19(20)26-21)29-11-9-28(10-12-29)14-16-13-17(23)7-8-18(16)24;3-2(4,5)1(6)7/h3-8,13,15H,9-12,14H2,1-2H3,(H,25,26);(H,6,7). The van der Waals surface area contributed by atoms with E-state index in [2.05, 4.69) is 29.0 Å². The lowest BCUT2D eigenvalue weighted by Crippen LogP contribution is -2.46. The topological polar surface area (TPSA) is 81.6 Å². The van der Waals surface area contributed by atoms with E-state index in [0.29, 0.717) is 0 Å². The van der Waals surface area contributed by atoms with Crippen LogP contribution in [0.3, 0.4) is 0 Å². The molecule has 0 radical (unpaired) electrons. The van der Waals surface area contributed by atoms with Crippen LogP contribution in [0.15, 0.2) is 42.5 Å². The number of hydrogen-bond donors (Lipinski definition) is 2. The highest BCUT2D eigenvalue weighted by Crippen LogP contribution is 2.28. The van der Waals surface area contributed by atoms with Crippen molar-refractivity contribution in [2.45, 2.75) is 32.6 Å². The predicted molar refractivity (Wildman–Crippen MR) is 136 cm³/mol. The normalized spacial score (nSPS) is 14.5. The maximum atomic E-state index is 10.6. The molecule has 36 heavy (non-hydrogen) atoms. The minimum atomic E-state index is -5.08. The maximum absolute atomic E-state index is 10.6. The Labute approximate surface area is 216 Å². The van der Waals surface area contributed by atoms with Crippen LogP contribution < -0.4 is 10.2 Å². The van der Waals surface area contributed by atoms with Gasteiger partial charge in [0.2, 0.25) is 0 Å². The third kappa shape index (κ3) is 7.59. The van der Waals surface area contributed by atoms with E-state index < -0.39 is 12.1 Å². The number of carboxylic acids is 1. The fourth-order valence-electron chi connectivity index (χ4n) is 3.60. The van der Waals surface area contributed by atoms with Crippen molar-refractivity contribution in [2.75, 3.05) is 36.4 Å². The number of fused-ring (bicyclic) bond motifs is 1. The molecule has 0 spiro atoms. The van der Waals surface area contributed by atoms with Crippen LogP contribution >= 0.6 is 23.2 Å². The average Bonchev–Trinajstić information content (AvgIpc) is 2.81. The number of alkyl halides is 3. The highest BCUT2D eigenvalue weighted by molar-refractivity contribution is 6.33. The molecule has 12 heteroatoms. The summed E-state index contributed by atoms with van der Waals surface area (Å²) in [5.41, 5.74) is 2.90. The van der Waals surface area contributed by atoms with E-state index in [1.54, 1.807) is 0 Å². The Balaban J connectivity index is 0.000000454. The van der Waals surface area contributed by atoms with Gasteiger partial charge in [-0.05, 0) is 49.7 Å². The molecule has 3 aromatic rings. The molecule has 0 aliphatic carbocycles. The van der Waals surface area contributed by atoms with Crippen molar-refractivity contribution in [3.8, 4) is 0 Å². The smallest absolute Gasteiger partial charge is 0.475 e. The minimum absolute atomic E-state index is 0.287. The summed E-state index contributed by atoms with van der Waals surface area (Å²) < 4.78 is 31.7. The summed E-state index contributed by atoms with van der Waals surface area (Å²) in [5, 5.41) is 12.1. The van der Waals surface area contributed by atoms with Crippen LogP contribution in [-0.2, 0) is 11.3 Å². The average molecular weight is 544 g/mol. The fourth-order valence-corrected chi connectivity index (χ4v) is 3.98. The summed E-state index contributed by atoms with van der Waals surface area (Å²) in [6.45, 7) is 8.67. The van der Waals surface area contributed by atoms with E-state index in [1.807, 2.05) is 42.5 Å². The van der Waals surface area contributed by atoms with E-state index in [1.165, 1.54) is 0 Å². The molecule has 0 unspecified atom stereocenters. The van der Waals surface area contributed by atoms with E-state index in [9.17, 15) is 13.2 Å². The molecule has 2 N–H and O–H groups in total. The SMILES string of the molecule is CC(C)Nc1nc2ccccc2nc1N1CCN(Cc2cc(Cl)ccc2Cl)CC1.O=C(O)C(F)(F)F. The Morgan fingerprint density at radius 1 is 1.06 bits per heavy atom. The van der Waals surface area contributed by atoms with Gasteiger partial charge in [0.15, 0.2) is 11.6 Å². The van der Waals surface area contributed by atoms with Crippen molar-refractivity contribution in [3.63, 3.8) is 0 Å². The highest BCUT2D eigenvalue weighted by Gasteiger charge is 2.38. The Kier molecular flexibility index (Phi) is 9.21. The van der Waals surface area contributed by atoms with Crippen molar-refractivity contribution in [2.24, 2.45) is 0 Å².